The second-order valence-corrected chi connectivity index (χ2v) is 7.40. The molecule has 0 bridgehead atoms. The van der Waals surface area contributed by atoms with Gasteiger partial charge in [0.1, 0.15) is 5.41 Å². The summed E-state index contributed by atoms with van der Waals surface area (Å²) >= 11 is 0. The zero-order valence-corrected chi connectivity index (χ0v) is 17.4. The molecular weight excluding hydrogens is 348 g/mol. The summed E-state index contributed by atoms with van der Waals surface area (Å²) in [4.78, 5) is 13.5. The Morgan fingerprint density at radius 1 is 1.14 bits per heavy atom. The number of hydrogen-bond acceptors (Lipinski definition) is 3. The highest BCUT2D eigenvalue weighted by Gasteiger charge is 2.53. The number of ether oxygens (including phenoxy) is 1. The van der Waals surface area contributed by atoms with Gasteiger partial charge in [-0.1, -0.05) is 69.4 Å². The van der Waals surface area contributed by atoms with E-state index in [1.165, 1.54) is 30.7 Å². The second kappa shape index (κ2) is 11.0. The standard InChI is InChI=1S/C24H34N2O2/c1-5-8-9-10-11-15-19-28-22(7-3)24(18-6-2)20(4)25-26(23(24)27)21-16-13-12-14-17-21/h6-7,12-14,16-17,22H,2-3,5,8-11,15,18-19H2,1,4H3/t22-,24+/m0/s1. The largest absolute Gasteiger partial charge is 0.373 e. The summed E-state index contributed by atoms with van der Waals surface area (Å²) < 4.78 is 6.17. The number of nitrogens with zero attached hydrogens (tertiary/aromatic N) is 2. The van der Waals surface area contributed by atoms with Gasteiger partial charge < -0.3 is 4.74 Å². The SMILES string of the molecule is C=CC[C@@]1([C@H](C=C)OCCCCCCCC)C(=O)N(c2ccccc2)N=C1C. The number of anilines is 1. The molecule has 2 rings (SSSR count). The molecule has 0 aromatic heterocycles. The Morgan fingerprint density at radius 3 is 2.46 bits per heavy atom. The van der Waals surface area contributed by atoms with Gasteiger partial charge in [0.2, 0.25) is 0 Å². The van der Waals surface area contributed by atoms with Crippen molar-refractivity contribution >= 4 is 17.3 Å². The van der Waals surface area contributed by atoms with Crippen LogP contribution in [0.25, 0.3) is 0 Å². The number of hydrazone groups is 1. The molecule has 1 amide bonds. The first-order chi connectivity index (χ1) is 13.6. The number of unbranched alkanes of at least 4 members (excludes halogenated alkanes) is 5. The number of benzene rings is 1. The molecule has 1 heterocycles. The first-order valence-electron chi connectivity index (χ1n) is 10.4. The Kier molecular flexibility index (Phi) is 8.65. The van der Waals surface area contributed by atoms with Crippen LogP contribution in [0.5, 0.6) is 0 Å². The molecule has 1 aliphatic heterocycles. The molecule has 0 saturated heterocycles. The van der Waals surface area contributed by atoms with E-state index in [0.717, 1.165) is 24.2 Å². The normalized spacial score (nSPS) is 20.1. The van der Waals surface area contributed by atoms with Crippen LogP contribution in [0.1, 0.15) is 58.8 Å². The summed E-state index contributed by atoms with van der Waals surface area (Å²) in [6, 6.07) is 9.51. The van der Waals surface area contributed by atoms with Gasteiger partial charge in [-0.25, -0.2) is 0 Å². The van der Waals surface area contributed by atoms with Crippen molar-refractivity contribution in [1.82, 2.24) is 0 Å². The summed E-state index contributed by atoms with van der Waals surface area (Å²) in [6.07, 6.45) is 10.7. The van der Waals surface area contributed by atoms with Crippen LogP contribution in [-0.4, -0.2) is 24.3 Å². The van der Waals surface area contributed by atoms with Gasteiger partial charge in [0.15, 0.2) is 0 Å². The highest BCUT2D eigenvalue weighted by atomic mass is 16.5. The summed E-state index contributed by atoms with van der Waals surface area (Å²) in [5, 5.41) is 6.07. The highest BCUT2D eigenvalue weighted by molar-refractivity contribution is 6.19. The second-order valence-electron chi connectivity index (χ2n) is 7.40. The van der Waals surface area contributed by atoms with E-state index in [1.54, 1.807) is 12.2 Å². The number of rotatable bonds is 13. The molecular formula is C24H34N2O2. The third-order valence-corrected chi connectivity index (χ3v) is 5.43. The van der Waals surface area contributed by atoms with E-state index >= 15 is 0 Å². The minimum Gasteiger partial charge on any atom is -0.373 e. The average Bonchev–Trinajstić information content (AvgIpc) is 2.96. The van der Waals surface area contributed by atoms with Gasteiger partial charge in [-0.3, -0.25) is 4.79 Å². The van der Waals surface area contributed by atoms with Crippen molar-refractivity contribution < 1.29 is 9.53 Å². The lowest BCUT2D eigenvalue weighted by Crippen LogP contribution is -2.48. The lowest BCUT2D eigenvalue weighted by molar-refractivity contribution is -0.129. The maximum Gasteiger partial charge on any atom is 0.262 e. The maximum absolute atomic E-state index is 13.5. The van der Waals surface area contributed by atoms with Crippen LogP contribution in [0.4, 0.5) is 5.69 Å². The van der Waals surface area contributed by atoms with Crippen LogP contribution >= 0.6 is 0 Å². The molecule has 1 aliphatic rings. The number of allylic oxidation sites excluding steroid dienone is 1. The Hall–Kier alpha value is -2.20. The third-order valence-electron chi connectivity index (χ3n) is 5.43. The monoisotopic (exact) mass is 382 g/mol. The van der Waals surface area contributed by atoms with Gasteiger partial charge in [0.05, 0.1) is 17.5 Å². The average molecular weight is 383 g/mol. The predicted molar refractivity (Wildman–Crippen MR) is 118 cm³/mol. The minimum atomic E-state index is -0.873. The van der Waals surface area contributed by atoms with Crippen molar-refractivity contribution in [1.29, 1.82) is 0 Å². The fraction of sp³-hybridized carbons (Fsp3) is 0.500. The van der Waals surface area contributed by atoms with Crippen LogP contribution in [-0.2, 0) is 9.53 Å². The van der Waals surface area contributed by atoms with Gasteiger partial charge in [0.25, 0.3) is 5.91 Å². The van der Waals surface area contributed by atoms with Crippen molar-refractivity contribution in [2.75, 3.05) is 11.6 Å². The first kappa shape index (κ1) is 22.1. The van der Waals surface area contributed by atoms with Crippen LogP contribution in [0, 0.1) is 5.41 Å². The van der Waals surface area contributed by atoms with Crippen molar-refractivity contribution in [3.05, 3.63) is 55.6 Å². The van der Waals surface area contributed by atoms with E-state index in [2.05, 4.69) is 25.2 Å². The van der Waals surface area contributed by atoms with Gasteiger partial charge in [-0.15, -0.1) is 13.2 Å². The summed E-state index contributed by atoms with van der Waals surface area (Å²) in [5.41, 5.74) is 0.632. The van der Waals surface area contributed by atoms with E-state index < -0.39 is 11.5 Å². The molecule has 1 aromatic carbocycles. The van der Waals surface area contributed by atoms with Crippen molar-refractivity contribution in [3.8, 4) is 0 Å². The quantitative estimate of drug-likeness (QED) is 0.315. The Morgan fingerprint density at radius 2 is 1.82 bits per heavy atom. The van der Waals surface area contributed by atoms with Crippen LogP contribution in [0.15, 0.2) is 60.7 Å². The molecule has 4 heteroatoms. The summed E-state index contributed by atoms with van der Waals surface area (Å²) in [7, 11) is 0. The lowest BCUT2D eigenvalue weighted by Gasteiger charge is -2.33. The molecule has 4 nitrogen and oxygen atoms in total. The summed E-state index contributed by atoms with van der Waals surface area (Å²) in [6.45, 7) is 12.6. The zero-order valence-electron chi connectivity index (χ0n) is 17.4. The molecule has 0 spiro atoms. The molecule has 0 saturated carbocycles. The highest BCUT2D eigenvalue weighted by Crippen LogP contribution is 2.40. The first-order valence-corrected chi connectivity index (χ1v) is 10.4. The van der Waals surface area contributed by atoms with Gasteiger partial charge in [0, 0.05) is 6.61 Å². The van der Waals surface area contributed by atoms with Crippen molar-refractivity contribution in [2.24, 2.45) is 10.5 Å². The van der Waals surface area contributed by atoms with Gasteiger partial charge >= 0.3 is 0 Å². The van der Waals surface area contributed by atoms with E-state index in [-0.39, 0.29) is 5.91 Å². The number of carbonyl (C=O) groups is 1. The fourth-order valence-electron chi connectivity index (χ4n) is 3.78. The number of para-hydroxylation sites is 1. The molecule has 0 unspecified atom stereocenters. The van der Waals surface area contributed by atoms with E-state index in [0.29, 0.717) is 13.0 Å². The Labute approximate surface area is 170 Å². The van der Waals surface area contributed by atoms with Crippen molar-refractivity contribution in [3.63, 3.8) is 0 Å². The topological polar surface area (TPSA) is 41.9 Å². The van der Waals surface area contributed by atoms with Crippen LogP contribution in [0.3, 0.4) is 0 Å². The fourth-order valence-corrected chi connectivity index (χ4v) is 3.78. The molecule has 28 heavy (non-hydrogen) atoms. The molecule has 0 aliphatic carbocycles. The molecule has 0 N–H and O–H groups in total. The minimum absolute atomic E-state index is 0.0797. The summed E-state index contributed by atoms with van der Waals surface area (Å²) in [5.74, 6) is -0.0797. The number of hydrogen-bond donors (Lipinski definition) is 0. The molecule has 0 radical (unpaired) electrons. The lowest BCUT2D eigenvalue weighted by atomic mass is 9.74. The van der Waals surface area contributed by atoms with Gasteiger partial charge in [-0.2, -0.15) is 10.1 Å². The number of amides is 1. The van der Waals surface area contributed by atoms with Crippen molar-refractivity contribution in [2.45, 2.75) is 64.9 Å². The Bertz CT molecular complexity index is 683. The molecule has 152 valence electrons. The van der Waals surface area contributed by atoms with Gasteiger partial charge in [-0.05, 0) is 31.9 Å². The molecule has 1 aromatic rings. The zero-order chi connectivity index (χ0) is 20.4. The molecule has 0 fully saturated rings. The Balaban J connectivity index is 2.10. The third kappa shape index (κ3) is 4.79. The maximum atomic E-state index is 13.5. The van der Waals surface area contributed by atoms with Crippen LogP contribution in [0.2, 0.25) is 0 Å². The van der Waals surface area contributed by atoms with E-state index in [4.69, 9.17) is 4.74 Å². The molecule has 2 atom stereocenters. The smallest absolute Gasteiger partial charge is 0.262 e. The van der Waals surface area contributed by atoms with E-state index in [9.17, 15) is 4.79 Å². The van der Waals surface area contributed by atoms with E-state index in [1.807, 2.05) is 37.3 Å². The predicted octanol–water partition coefficient (Wildman–Crippen LogP) is 5.90. The number of carbonyl (C=O) groups excluding carboxylic acids is 1. The van der Waals surface area contributed by atoms with Crippen LogP contribution < -0.4 is 5.01 Å².